The molecular weight excluding hydrogens is 446 g/mol. The fourth-order valence-electron chi connectivity index (χ4n) is 3.24. The lowest BCUT2D eigenvalue weighted by Gasteiger charge is -2.06. The maximum absolute atomic E-state index is 12.7. The Balaban J connectivity index is 1.45. The molecule has 7 heteroatoms. The molecule has 2 aromatic carbocycles. The van der Waals surface area contributed by atoms with Gasteiger partial charge >= 0.3 is 5.63 Å². The molecule has 0 aliphatic heterocycles. The zero-order valence-electron chi connectivity index (χ0n) is 15.5. The van der Waals surface area contributed by atoms with E-state index in [-0.39, 0.29) is 5.56 Å². The van der Waals surface area contributed by atoms with Gasteiger partial charge in [-0.25, -0.2) is 9.78 Å². The second-order valence-electron chi connectivity index (χ2n) is 6.76. The molecule has 3 heterocycles. The van der Waals surface area contributed by atoms with E-state index in [1.807, 2.05) is 40.9 Å². The first kappa shape index (κ1) is 18.3. The predicted molar refractivity (Wildman–Crippen MR) is 119 cm³/mol. The van der Waals surface area contributed by atoms with Crippen LogP contribution in [0.1, 0.15) is 10.4 Å². The lowest BCUT2D eigenvalue weighted by molar-refractivity contribution is 0.102. The van der Waals surface area contributed by atoms with Gasteiger partial charge in [0.1, 0.15) is 16.8 Å². The van der Waals surface area contributed by atoms with Crippen LogP contribution in [0.15, 0.2) is 92.8 Å². The van der Waals surface area contributed by atoms with Gasteiger partial charge in [0.15, 0.2) is 0 Å². The summed E-state index contributed by atoms with van der Waals surface area (Å²) in [5.41, 5.74) is 2.82. The second kappa shape index (κ2) is 7.27. The molecule has 0 radical (unpaired) electrons. The molecule has 3 aromatic heterocycles. The summed E-state index contributed by atoms with van der Waals surface area (Å²) in [4.78, 5) is 29.5. The molecule has 5 rings (SSSR count). The molecule has 0 saturated heterocycles. The van der Waals surface area contributed by atoms with E-state index < -0.39 is 11.5 Å². The molecule has 0 unspecified atom stereocenters. The molecule has 5 aromatic rings. The third-order valence-electron chi connectivity index (χ3n) is 4.73. The van der Waals surface area contributed by atoms with Crippen LogP contribution in [-0.2, 0) is 0 Å². The topological polar surface area (TPSA) is 76.6 Å². The largest absolute Gasteiger partial charge is 0.422 e. The number of rotatable bonds is 3. The third-order valence-corrected chi connectivity index (χ3v) is 5.26. The Kier molecular flexibility index (Phi) is 4.44. The van der Waals surface area contributed by atoms with E-state index in [4.69, 9.17) is 4.42 Å². The van der Waals surface area contributed by atoms with Crippen molar-refractivity contribution in [1.82, 2.24) is 9.38 Å². The number of nitrogens with zero attached hydrogens (tertiary/aromatic N) is 2. The van der Waals surface area contributed by atoms with Gasteiger partial charge in [0.05, 0.1) is 11.4 Å². The van der Waals surface area contributed by atoms with Crippen molar-refractivity contribution in [2.45, 2.75) is 0 Å². The minimum absolute atomic E-state index is 0.0463. The first-order chi connectivity index (χ1) is 14.6. The van der Waals surface area contributed by atoms with Gasteiger partial charge < -0.3 is 14.1 Å². The van der Waals surface area contributed by atoms with E-state index in [1.165, 1.54) is 6.07 Å². The molecule has 0 aliphatic carbocycles. The van der Waals surface area contributed by atoms with Crippen molar-refractivity contribution < 1.29 is 9.21 Å². The standard InChI is InChI=1S/C23H14BrN3O3/c24-16-7-5-14(6-8-16)19-13-27-12-17(9-10-21(27)26-19)25-22(28)18-11-15-3-1-2-4-20(15)30-23(18)29/h1-13H,(H,25,28). The Hall–Kier alpha value is -3.71. The Morgan fingerprint density at radius 1 is 1.00 bits per heavy atom. The number of halogens is 1. The summed E-state index contributed by atoms with van der Waals surface area (Å²) in [7, 11) is 0. The van der Waals surface area contributed by atoms with E-state index >= 15 is 0 Å². The fourth-order valence-corrected chi connectivity index (χ4v) is 3.51. The van der Waals surface area contributed by atoms with Crippen molar-refractivity contribution in [3.63, 3.8) is 0 Å². The number of carbonyl (C=O) groups excluding carboxylic acids is 1. The van der Waals surface area contributed by atoms with Crippen LogP contribution >= 0.6 is 15.9 Å². The molecule has 146 valence electrons. The summed E-state index contributed by atoms with van der Waals surface area (Å²) >= 11 is 3.43. The van der Waals surface area contributed by atoms with Crippen LogP contribution in [0.25, 0.3) is 27.9 Å². The highest BCUT2D eigenvalue weighted by Crippen LogP contribution is 2.23. The number of fused-ring (bicyclic) bond motifs is 2. The average molecular weight is 460 g/mol. The number of amides is 1. The zero-order valence-corrected chi connectivity index (χ0v) is 17.1. The van der Waals surface area contributed by atoms with E-state index in [0.717, 1.165) is 21.4 Å². The SMILES string of the molecule is O=C(Nc1ccc2nc(-c3ccc(Br)cc3)cn2c1)c1cc2ccccc2oc1=O. The minimum Gasteiger partial charge on any atom is -0.422 e. The third kappa shape index (κ3) is 3.40. The van der Waals surface area contributed by atoms with E-state index in [2.05, 4.69) is 26.2 Å². The normalized spacial score (nSPS) is 11.1. The number of benzene rings is 2. The molecule has 0 aliphatic rings. The number of para-hydroxylation sites is 1. The monoisotopic (exact) mass is 459 g/mol. The van der Waals surface area contributed by atoms with Crippen LogP contribution in [0.2, 0.25) is 0 Å². The number of anilines is 1. The Bertz CT molecular complexity index is 1470. The van der Waals surface area contributed by atoms with Crippen molar-refractivity contribution in [3.8, 4) is 11.3 Å². The summed E-state index contributed by atoms with van der Waals surface area (Å²) in [6.45, 7) is 0. The number of aromatic nitrogens is 2. The van der Waals surface area contributed by atoms with Gasteiger partial charge in [0.2, 0.25) is 0 Å². The van der Waals surface area contributed by atoms with Gasteiger partial charge in [-0.2, -0.15) is 0 Å². The number of imidazole rings is 1. The number of pyridine rings is 1. The number of carbonyl (C=O) groups is 1. The van der Waals surface area contributed by atoms with Crippen molar-refractivity contribution in [2.75, 3.05) is 5.32 Å². The quantitative estimate of drug-likeness (QED) is 0.379. The number of hydrogen-bond acceptors (Lipinski definition) is 4. The number of nitrogens with one attached hydrogen (secondary N) is 1. The van der Waals surface area contributed by atoms with Gasteiger partial charge in [-0.15, -0.1) is 0 Å². The Morgan fingerprint density at radius 2 is 1.80 bits per heavy atom. The molecular formula is C23H14BrN3O3. The predicted octanol–water partition coefficient (Wildman–Crippen LogP) is 5.12. The highest BCUT2D eigenvalue weighted by atomic mass is 79.9. The molecule has 0 saturated carbocycles. The first-order valence-electron chi connectivity index (χ1n) is 9.16. The van der Waals surface area contributed by atoms with Gasteiger partial charge in [-0.1, -0.05) is 46.3 Å². The summed E-state index contributed by atoms with van der Waals surface area (Å²) in [6, 6.07) is 20.0. The average Bonchev–Trinajstić information content (AvgIpc) is 3.17. The van der Waals surface area contributed by atoms with Crippen LogP contribution in [0.5, 0.6) is 0 Å². The Morgan fingerprint density at radius 3 is 2.63 bits per heavy atom. The van der Waals surface area contributed by atoms with E-state index in [0.29, 0.717) is 16.7 Å². The summed E-state index contributed by atoms with van der Waals surface area (Å²) in [6.07, 6.45) is 3.64. The van der Waals surface area contributed by atoms with E-state index in [1.54, 1.807) is 36.5 Å². The van der Waals surface area contributed by atoms with Crippen LogP contribution in [0.3, 0.4) is 0 Å². The van der Waals surface area contributed by atoms with Crippen molar-refractivity contribution in [3.05, 3.63) is 99.6 Å². The highest BCUT2D eigenvalue weighted by molar-refractivity contribution is 9.10. The lowest BCUT2D eigenvalue weighted by atomic mass is 10.2. The second-order valence-corrected chi connectivity index (χ2v) is 7.67. The number of hydrogen-bond donors (Lipinski definition) is 1. The maximum Gasteiger partial charge on any atom is 0.349 e. The Labute approximate surface area is 178 Å². The van der Waals surface area contributed by atoms with Gasteiger partial charge in [0.25, 0.3) is 5.91 Å². The van der Waals surface area contributed by atoms with Crippen molar-refractivity contribution >= 4 is 44.1 Å². The van der Waals surface area contributed by atoms with Crippen molar-refractivity contribution in [1.29, 1.82) is 0 Å². The van der Waals surface area contributed by atoms with Gasteiger partial charge in [-0.3, -0.25) is 4.79 Å². The molecule has 0 atom stereocenters. The molecule has 0 spiro atoms. The van der Waals surface area contributed by atoms with Crippen LogP contribution in [0, 0.1) is 0 Å². The smallest absolute Gasteiger partial charge is 0.349 e. The summed E-state index contributed by atoms with van der Waals surface area (Å²) < 4.78 is 8.08. The van der Waals surface area contributed by atoms with Gasteiger partial charge in [-0.05, 0) is 36.4 Å². The molecule has 1 amide bonds. The molecule has 6 nitrogen and oxygen atoms in total. The minimum atomic E-state index is -0.674. The molecule has 30 heavy (non-hydrogen) atoms. The van der Waals surface area contributed by atoms with Crippen LogP contribution in [0.4, 0.5) is 5.69 Å². The lowest BCUT2D eigenvalue weighted by Crippen LogP contribution is -2.20. The van der Waals surface area contributed by atoms with Crippen LogP contribution in [-0.4, -0.2) is 15.3 Å². The summed E-state index contributed by atoms with van der Waals surface area (Å²) in [5.74, 6) is -0.526. The first-order valence-corrected chi connectivity index (χ1v) is 9.95. The van der Waals surface area contributed by atoms with E-state index in [9.17, 15) is 9.59 Å². The van der Waals surface area contributed by atoms with Gasteiger partial charge in [0, 0.05) is 27.8 Å². The molecule has 0 bridgehead atoms. The maximum atomic E-state index is 12.7. The summed E-state index contributed by atoms with van der Waals surface area (Å²) in [5, 5.41) is 3.45. The molecule has 0 fully saturated rings. The fraction of sp³-hybridized carbons (Fsp3) is 0. The highest BCUT2D eigenvalue weighted by Gasteiger charge is 2.14. The zero-order chi connectivity index (χ0) is 20.7. The van der Waals surface area contributed by atoms with Crippen molar-refractivity contribution in [2.24, 2.45) is 0 Å². The van der Waals surface area contributed by atoms with Crippen LogP contribution < -0.4 is 10.9 Å². The molecule has 1 N–H and O–H groups in total.